The lowest BCUT2D eigenvalue weighted by Gasteiger charge is -2.18. The van der Waals surface area contributed by atoms with Gasteiger partial charge in [-0.25, -0.2) is 13.4 Å². The monoisotopic (exact) mass is 477 g/mol. The maximum Gasteiger partial charge on any atom is 0.252 e. The van der Waals surface area contributed by atoms with Crippen LogP contribution in [-0.4, -0.2) is 35.1 Å². The van der Waals surface area contributed by atoms with Gasteiger partial charge in [-0.05, 0) is 42.8 Å². The summed E-state index contributed by atoms with van der Waals surface area (Å²) in [6.45, 7) is 2.28. The molecule has 0 radical (unpaired) electrons. The number of anilines is 1. The summed E-state index contributed by atoms with van der Waals surface area (Å²) < 4.78 is 25.6. The predicted octanol–water partition coefficient (Wildman–Crippen LogP) is 4.41. The van der Waals surface area contributed by atoms with Crippen LogP contribution in [0.3, 0.4) is 0 Å². The first-order chi connectivity index (χ1) is 15.8. The zero-order chi connectivity index (χ0) is 23.2. The Morgan fingerprint density at radius 2 is 1.61 bits per heavy atom. The minimum absolute atomic E-state index is 0.277. The quantitative estimate of drug-likeness (QED) is 0.435. The summed E-state index contributed by atoms with van der Waals surface area (Å²) in [5, 5.41) is 16.1. The van der Waals surface area contributed by atoms with E-state index in [-0.39, 0.29) is 4.90 Å². The molecule has 0 fully saturated rings. The van der Waals surface area contributed by atoms with E-state index in [2.05, 4.69) is 10.2 Å². The van der Waals surface area contributed by atoms with Crippen LogP contribution >= 0.6 is 11.6 Å². The first kappa shape index (κ1) is 21.4. The van der Waals surface area contributed by atoms with E-state index in [1.165, 1.54) is 6.26 Å². The Hall–Kier alpha value is -3.49. The number of aryl methyl sites for hydroxylation is 1. The Kier molecular flexibility index (Phi) is 5.26. The molecule has 0 atom stereocenters. The van der Waals surface area contributed by atoms with Crippen LogP contribution in [0.25, 0.3) is 5.69 Å². The number of rotatable bonds is 4. The van der Waals surface area contributed by atoms with Gasteiger partial charge in [0.2, 0.25) is 0 Å². The molecule has 9 heteroatoms. The van der Waals surface area contributed by atoms with Crippen molar-refractivity contribution in [1.82, 2.24) is 14.8 Å². The first-order valence-electron chi connectivity index (χ1n) is 10.2. The van der Waals surface area contributed by atoms with Crippen LogP contribution in [0.4, 0.5) is 5.95 Å². The highest BCUT2D eigenvalue weighted by molar-refractivity contribution is 7.90. The molecule has 0 saturated carbocycles. The second-order valence-electron chi connectivity index (χ2n) is 7.83. The van der Waals surface area contributed by atoms with Gasteiger partial charge in [-0.3, -0.25) is 4.57 Å². The summed E-state index contributed by atoms with van der Waals surface area (Å²) in [7, 11) is -3.27. The van der Waals surface area contributed by atoms with E-state index >= 15 is 0 Å². The summed E-state index contributed by atoms with van der Waals surface area (Å²) in [4.78, 5) is 0.277. The molecule has 5 rings (SSSR count). The molecule has 33 heavy (non-hydrogen) atoms. The van der Waals surface area contributed by atoms with Crippen LogP contribution < -0.4 is 5.01 Å². The molecule has 4 aromatic rings. The van der Waals surface area contributed by atoms with Crippen LogP contribution in [-0.2, 0) is 16.4 Å². The molecule has 0 aliphatic carbocycles. The average Bonchev–Trinajstić information content (AvgIpc) is 3.12. The molecule has 2 heterocycles. The van der Waals surface area contributed by atoms with E-state index in [0.29, 0.717) is 17.5 Å². The number of hydrogen-bond acceptors (Lipinski definition) is 6. The molecule has 1 aliphatic rings. The van der Waals surface area contributed by atoms with Crippen molar-refractivity contribution in [3.63, 3.8) is 0 Å². The van der Waals surface area contributed by atoms with Crippen molar-refractivity contribution in [2.45, 2.75) is 18.4 Å². The minimum Gasteiger partial charge on any atom is -0.263 e. The van der Waals surface area contributed by atoms with Crippen molar-refractivity contribution in [3.8, 4) is 5.69 Å². The largest absolute Gasteiger partial charge is 0.263 e. The summed E-state index contributed by atoms with van der Waals surface area (Å²) in [6, 6.07) is 22.4. The maximum absolute atomic E-state index is 11.8. The van der Waals surface area contributed by atoms with Crippen LogP contribution in [0.1, 0.15) is 22.5 Å². The Bertz CT molecular complexity index is 1480. The smallest absolute Gasteiger partial charge is 0.252 e. The van der Waals surface area contributed by atoms with E-state index in [1.54, 1.807) is 29.3 Å². The van der Waals surface area contributed by atoms with E-state index in [9.17, 15) is 8.42 Å². The minimum atomic E-state index is -3.27. The van der Waals surface area contributed by atoms with Gasteiger partial charge >= 0.3 is 0 Å². The van der Waals surface area contributed by atoms with E-state index in [4.69, 9.17) is 16.7 Å². The number of benzene rings is 3. The van der Waals surface area contributed by atoms with Crippen LogP contribution in [0, 0.1) is 6.92 Å². The van der Waals surface area contributed by atoms with Crippen LogP contribution in [0.15, 0.2) is 82.8 Å². The van der Waals surface area contributed by atoms with Gasteiger partial charge in [0.1, 0.15) is 11.5 Å². The number of halogens is 1. The average molecular weight is 478 g/mol. The Morgan fingerprint density at radius 3 is 2.30 bits per heavy atom. The SMILES string of the molecule is Cc1nnc2n1-c1ccccc1C(c1ccc(Cl)cc1)=NN2Cc1ccc(S(C)(=O)=O)cc1. The molecular formula is C24H20ClN5O2S. The standard InChI is InChI=1S/C24H20ClN5O2S/c1-16-26-27-24-29(15-17-7-13-20(14-8-17)33(2,31)32)28-23(18-9-11-19(25)12-10-18)21-5-3-4-6-22(21)30(16)24/h3-14H,15H2,1-2H3. The number of sulfone groups is 1. The van der Waals surface area contributed by atoms with Crippen molar-refractivity contribution in [2.24, 2.45) is 5.10 Å². The molecule has 0 saturated heterocycles. The van der Waals surface area contributed by atoms with Crippen LogP contribution in [0.2, 0.25) is 5.02 Å². The molecule has 0 N–H and O–H groups in total. The molecule has 166 valence electrons. The van der Waals surface area contributed by atoms with E-state index in [0.717, 1.165) is 33.9 Å². The van der Waals surface area contributed by atoms with Gasteiger partial charge in [0, 0.05) is 22.4 Å². The third-order valence-electron chi connectivity index (χ3n) is 5.46. The van der Waals surface area contributed by atoms with Crippen molar-refractivity contribution in [1.29, 1.82) is 0 Å². The summed E-state index contributed by atoms with van der Waals surface area (Å²) >= 11 is 6.12. The molecule has 0 spiro atoms. The fourth-order valence-electron chi connectivity index (χ4n) is 3.83. The number of hydrogen-bond donors (Lipinski definition) is 0. The molecule has 1 aromatic heterocycles. The second kappa shape index (κ2) is 8.13. The van der Waals surface area contributed by atoms with E-state index < -0.39 is 9.84 Å². The normalized spacial score (nSPS) is 13.2. The first-order valence-corrected chi connectivity index (χ1v) is 12.5. The zero-order valence-corrected chi connectivity index (χ0v) is 19.5. The fourth-order valence-corrected chi connectivity index (χ4v) is 4.59. The Balaban J connectivity index is 1.66. The molecule has 0 unspecified atom stereocenters. The van der Waals surface area contributed by atoms with Crippen molar-refractivity contribution in [2.75, 3.05) is 11.3 Å². The number of aromatic nitrogens is 3. The fraction of sp³-hybridized carbons (Fsp3) is 0.125. The van der Waals surface area contributed by atoms with Gasteiger partial charge in [-0.1, -0.05) is 54.1 Å². The summed E-state index contributed by atoms with van der Waals surface area (Å²) in [6.07, 6.45) is 1.20. The third kappa shape index (κ3) is 4.03. The maximum atomic E-state index is 11.8. The third-order valence-corrected chi connectivity index (χ3v) is 6.84. The van der Waals surface area contributed by atoms with Gasteiger partial charge in [0.25, 0.3) is 5.95 Å². The number of fused-ring (bicyclic) bond motifs is 3. The summed E-state index contributed by atoms with van der Waals surface area (Å²) in [5.74, 6) is 1.32. The molecule has 1 aliphatic heterocycles. The topological polar surface area (TPSA) is 80.5 Å². The second-order valence-corrected chi connectivity index (χ2v) is 10.3. The lowest BCUT2D eigenvalue weighted by molar-refractivity contribution is 0.602. The highest BCUT2D eigenvalue weighted by Crippen LogP contribution is 2.30. The van der Waals surface area contributed by atoms with Gasteiger partial charge < -0.3 is 0 Å². The lowest BCUT2D eigenvalue weighted by Crippen LogP contribution is -2.20. The summed E-state index contributed by atoms with van der Waals surface area (Å²) in [5.41, 5.74) is 4.46. The Morgan fingerprint density at radius 1 is 0.909 bits per heavy atom. The van der Waals surface area contributed by atoms with Gasteiger partial charge in [-0.2, -0.15) is 5.10 Å². The zero-order valence-electron chi connectivity index (χ0n) is 18.0. The molecule has 0 bridgehead atoms. The van der Waals surface area contributed by atoms with Crippen molar-refractivity contribution in [3.05, 3.63) is 100 Å². The molecule has 7 nitrogen and oxygen atoms in total. The lowest BCUT2D eigenvalue weighted by atomic mass is 10.0. The van der Waals surface area contributed by atoms with Gasteiger partial charge in [0.15, 0.2) is 9.84 Å². The molecular weight excluding hydrogens is 458 g/mol. The van der Waals surface area contributed by atoms with Crippen LogP contribution in [0.5, 0.6) is 0 Å². The van der Waals surface area contributed by atoms with Gasteiger partial charge in [0.05, 0.1) is 17.1 Å². The highest BCUT2D eigenvalue weighted by atomic mass is 35.5. The van der Waals surface area contributed by atoms with Gasteiger partial charge in [-0.15, -0.1) is 10.2 Å². The number of nitrogens with zero attached hydrogens (tertiary/aromatic N) is 5. The Labute approximate surface area is 196 Å². The predicted molar refractivity (Wildman–Crippen MR) is 129 cm³/mol. The highest BCUT2D eigenvalue weighted by Gasteiger charge is 2.26. The molecule has 0 amide bonds. The van der Waals surface area contributed by atoms with Crippen molar-refractivity contribution >= 4 is 33.1 Å². The van der Waals surface area contributed by atoms with Crippen molar-refractivity contribution < 1.29 is 8.42 Å². The number of hydrazone groups is 1. The van der Waals surface area contributed by atoms with E-state index in [1.807, 2.05) is 60.0 Å². The number of para-hydroxylation sites is 1. The molecule has 3 aromatic carbocycles.